The molecule has 1 aliphatic carbocycles. The van der Waals surface area contributed by atoms with E-state index >= 15 is 0 Å². The van der Waals surface area contributed by atoms with Gasteiger partial charge in [0.1, 0.15) is 17.2 Å². The number of carbonyl (C=O) groups is 1. The van der Waals surface area contributed by atoms with Gasteiger partial charge in [-0.15, -0.1) is 0 Å². The maximum absolute atomic E-state index is 12.9. The first-order valence-corrected chi connectivity index (χ1v) is 11.1. The van der Waals surface area contributed by atoms with E-state index in [1.54, 1.807) is 0 Å². The van der Waals surface area contributed by atoms with E-state index in [1.165, 1.54) is 0 Å². The zero-order valence-corrected chi connectivity index (χ0v) is 17.1. The molecule has 1 amide bonds. The van der Waals surface area contributed by atoms with Gasteiger partial charge in [0.2, 0.25) is 5.91 Å². The van der Waals surface area contributed by atoms with Crippen LogP contribution in [0.5, 0.6) is 0 Å². The number of aromatic nitrogens is 5. The first kappa shape index (κ1) is 17.9. The number of anilines is 1. The smallest absolute Gasteiger partial charge is 0.227 e. The molecule has 0 spiro atoms. The van der Waals surface area contributed by atoms with Gasteiger partial charge in [-0.3, -0.25) is 9.48 Å². The highest BCUT2D eigenvalue weighted by Gasteiger charge is 2.50. The average Bonchev–Trinajstić information content (AvgIpc) is 3.24. The SMILES string of the molecule is O=C(C1CCCN(c2ccc3[nH]c(C4(n5cccn5)CC4)nc3n2)C1)N1CCCC1. The number of likely N-dealkylation sites (tertiary alicyclic amines) is 1. The largest absolute Gasteiger partial charge is 0.356 e. The monoisotopic (exact) mass is 405 g/mol. The predicted octanol–water partition coefficient (Wildman–Crippen LogP) is 2.53. The molecule has 8 nitrogen and oxygen atoms in total. The van der Waals surface area contributed by atoms with Crippen molar-refractivity contribution in [3.63, 3.8) is 0 Å². The topological polar surface area (TPSA) is 82.9 Å². The van der Waals surface area contributed by atoms with Crippen LogP contribution in [0.15, 0.2) is 30.6 Å². The van der Waals surface area contributed by atoms with E-state index in [0.717, 1.165) is 87.5 Å². The molecular formula is C22H27N7O. The van der Waals surface area contributed by atoms with Crippen LogP contribution in [0.3, 0.4) is 0 Å². The van der Waals surface area contributed by atoms with Crippen molar-refractivity contribution in [3.8, 4) is 0 Å². The Bertz CT molecular complexity index is 1060. The Morgan fingerprint density at radius 1 is 1.10 bits per heavy atom. The summed E-state index contributed by atoms with van der Waals surface area (Å²) in [4.78, 5) is 30.4. The van der Waals surface area contributed by atoms with Gasteiger partial charge < -0.3 is 14.8 Å². The van der Waals surface area contributed by atoms with Gasteiger partial charge >= 0.3 is 0 Å². The van der Waals surface area contributed by atoms with Gasteiger partial charge in [0.25, 0.3) is 0 Å². The lowest BCUT2D eigenvalue weighted by Crippen LogP contribution is -2.44. The number of hydrogen-bond donors (Lipinski definition) is 1. The quantitative estimate of drug-likeness (QED) is 0.721. The van der Waals surface area contributed by atoms with Crippen LogP contribution in [0.1, 0.15) is 44.3 Å². The number of aromatic amines is 1. The third kappa shape index (κ3) is 2.88. The molecule has 3 aromatic heterocycles. The molecule has 30 heavy (non-hydrogen) atoms. The van der Waals surface area contributed by atoms with Crippen LogP contribution in [0.4, 0.5) is 5.82 Å². The van der Waals surface area contributed by atoms with Crippen LogP contribution in [-0.4, -0.2) is 61.7 Å². The molecule has 8 heteroatoms. The Balaban J connectivity index is 1.24. The number of hydrogen-bond acceptors (Lipinski definition) is 5. The second kappa shape index (κ2) is 6.82. The lowest BCUT2D eigenvalue weighted by molar-refractivity contribution is -0.134. The number of amides is 1. The van der Waals surface area contributed by atoms with Gasteiger partial charge in [-0.05, 0) is 56.7 Å². The molecule has 3 aliphatic rings. The first-order chi connectivity index (χ1) is 14.7. The molecule has 6 rings (SSSR count). The molecule has 2 aliphatic heterocycles. The van der Waals surface area contributed by atoms with Crippen LogP contribution >= 0.6 is 0 Å². The highest BCUT2D eigenvalue weighted by atomic mass is 16.2. The summed E-state index contributed by atoms with van der Waals surface area (Å²) in [6.45, 7) is 3.54. The summed E-state index contributed by atoms with van der Waals surface area (Å²) in [5.74, 6) is 2.27. The summed E-state index contributed by atoms with van der Waals surface area (Å²) in [7, 11) is 0. The minimum atomic E-state index is -0.150. The molecule has 1 atom stereocenters. The Labute approximate surface area is 175 Å². The summed E-state index contributed by atoms with van der Waals surface area (Å²) in [5.41, 5.74) is 1.55. The molecule has 1 saturated carbocycles. The number of imidazole rings is 1. The van der Waals surface area contributed by atoms with E-state index in [2.05, 4.69) is 32.0 Å². The maximum Gasteiger partial charge on any atom is 0.227 e. The lowest BCUT2D eigenvalue weighted by Gasteiger charge is -2.34. The Morgan fingerprint density at radius 3 is 2.73 bits per heavy atom. The second-order valence-electron chi connectivity index (χ2n) is 8.93. The van der Waals surface area contributed by atoms with Gasteiger partial charge in [0, 0.05) is 38.6 Å². The van der Waals surface area contributed by atoms with Gasteiger partial charge in [0.15, 0.2) is 5.65 Å². The Morgan fingerprint density at radius 2 is 1.97 bits per heavy atom. The molecule has 0 bridgehead atoms. The third-order valence-corrected chi connectivity index (χ3v) is 6.95. The standard InChI is InChI=1S/C22H27N7O/c30-20(27-11-1-2-12-27)16-5-3-13-28(15-16)18-7-6-17-19(25-18)26-21(24-17)22(8-9-22)29-14-4-10-23-29/h4,6-7,10,14,16H,1-3,5,8-9,11-13,15H2,(H,24,25,26). The van der Waals surface area contributed by atoms with Crippen molar-refractivity contribution in [1.29, 1.82) is 0 Å². The lowest BCUT2D eigenvalue weighted by atomic mass is 9.96. The highest BCUT2D eigenvalue weighted by molar-refractivity contribution is 5.80. The summed E-state index contributed by atoms with van der Waals surface area (Å²) in [5, 5.41) is 4.44. The Kier molecular flexibility index (Phi) is 4.07. The van der Waals surface area contributed by atoms with Gasteiger partial charge in [0.05, 0.1) is 11.4 Å². The van der Waals surface area contributed by atoms with Gasteiger partial charge in [-0.2, -0.15) is 5.10 Å². The number of nitrogens with zero attached hydrogens (tertiary/aromatic N) is 6. The molecule has 1 N–H and O–H groups in total. The van der Waals surface area contributed by atoms with E-state index < -0.39 is 0 Å². The molecular weight excluding hydrogens is 378 g/mol. The summed E-state index contributed by atoms with van der Waals surface area (Å²) >= 11 is 0. The molecule has 2 saturated heterocycles. The summed E-state index contributed by atoms with van der Waals surface area (Å²) in [6, 6.07) is 6.08. The predicted molar refractivity (Wildman–Crippen MR) is 113 cm³/mol. The van der Waals surface area contributed by atoms with Gasteiger partial charge in [-0.25, -0.2) is 9.97 Å². The molecule has 0 aromatic carbocycles. The number of H-pyrrole nitrogens is 1. The fourth-order valence-electron chi connectivity index (χ4n) is 5.08. The van der Waals surface area contributed by atoms with Crippen LogP contribution in [0.25, 0.3) is 11.2 Å². The average molecular weight is 406 g/mol. The number of fused-ring (bicyclic) bond motifs is 1. The van der Waals surface area contributed by atoms with Gasteiger partial charge in [-0.1, -0.05) is 0 Å². The Hall–Kier alpha value is -2.90. The van der Waals surface area contributed by atoms with Crippen molar-refractivity contribution in [1.82, 2.24) is 29.6 Å². The first-order valence-electron chi connectivity index (χ1n) is 11.1. The van der Waals surface area contributed by atoms with E-state index in [4.69, 9.17) is 9.97 Å². The van der Waals surface area contributed by atoms with E-state index in [-0.39, 0.29) is 11.5 Å². The highest BCUT2D eigenvalue weighted by Crippen LogP contribution is 2.47. The van der Waals surface area contributed by atoms with Crippen molar-refractivity contribution in [2.24, 2.45) is 5.92 Å². The van der Waals surface area contributed by atoms with E-state index in [1.807, 2.05) is 23.1 Å². The van der Waals surface area contributed by atoms with Crippen molar-refractivity contribution < 1.29 is 4.79 Å². The molecule has 3 aromatic rings. The minimum absolute atomic E-state index is 0.0821. The summed E-state index contributed by atoms with van der Waals surface area (Å²) < 4.78 is 2.00. The molecule has 3 fully saturated rings. The van der Waals surface area contributed by atoms with Crippen LogP contribution in [-0.2, 0) is 10.3 Å². The zero-order chi connectivity index (χ0) is 20.1. The second-order valence-corrected chi connectivity index (χ2v) is 8.93. The van der Waals surface area contributed by atoms with Crippen molar-refractivity contribution in [3.05, 3.63) is 36.4 Å². The number of rotatable bonds is 4. The molecule has 0 radical (unpaired) electrons. The number of pyridine rings is 1. The molecule has 1 unspecified atom stereocenters. The molecule has 156 valence electrons. The normalized spacial score (nSPS) is 23.3. The number of nitrogens with one attached hydrogen (secondary N) is 1. The zero-order valence-electron chi connectivity index (χ0n) is 17.1. The summed E-state index contributed by atoms with van der Waals surface area (Å²) in [6.07, 6.45) is 10.2. The molecule has 5 heterocycles. The van der Waals surface area contributed by atoms with Crippen LogP contribution in [0, 0.1) is 5.92 Å². The van der Waals surface area contributed by atoms with Crippen LogP contribution in [0.2, 0.25) is 0 Å². The van der Waals surface area contributed by atoms with Crippen molar-refractivity contribution in [2.75, 3.05) is 31.1 Å². The van der Waals surface area contributed by atoms with Crippen molar-refractivity contribution >= 4 is 22.9 Å². The fourth-order valence-corrected chi connectivity index (χ4v) is 5.08. The fraction of sp³-hybridized carbons (Fsp3) is 0.545. The number of piperidine rings is 1. The third-order valence-electron chi connectivity index (χ3n) is 6.95. The maximum atomic E-state index is 12.9. The minimum Gasteiger partial charge on any atom is -0.356 e. The van der Waals surface area contributed by atoms with E-state index in [9.17, 15) is 4.79 Å². The van der Waals surface area contributed by atoms with Crippen molar-refractivity contribution in [2.45, 2.75) is 44.1 Å². The number of carbonyl (C=O) groups excluding carboxylic acids is 1. The van der Waals surface area contributed by atoms with Crippen LogP contribution < -0.4 is 4.90 Å². The van der Waals surface area contributed by atoms with E-state index in [0.29, 0.717) is 5.91 Å².